The molecule has 5 N–H and O–H groups in total. The van der Waals surface area contributed by atoms with Gasteiger partial charge in [-0.1, -0.05) is 19.1 Å². The van der Waals surface area contributed by atoms with Crippen molar-refractivity contribution in [1.82, 2.24) is 0 Å². The lowest BCUT2D eigenvalue weighted by atomic mass is 9.95. The fourth-order valence-electron chi connectivity index (χ4n) is 4.76. The molecule has 0 radical (unpaired) electrons. The van der Waals surface area contributed by atoms with Crippen LogP contribution in [-0.2, 0) is 11.2 Å². The average molecular weight is 443 g/mol. The summed E-state index contributed by atoms with van der Waals surface area (Å²) in [6.07, 6.45) is 2.18. The Hall–Kier alpha value is -2.19. The number of nitrogen functional groups attached to an aromatic ring is 1. The van der Waals surface area contributed by atoms with Crippen LogP contribution in [0.25, 0.3) is 0 Å². The Morgan fingerprint density at radius 2 is 1.84 bits per heavy atom. The number of aliphatic hydroxyl groups is 1. The predicted molar refractivity (Wildman–Crippen MR) is 127 cm³/mol. The van der Waals surface area contributed by atoms with E-state index in [1.54, 1.807) is 24.3 Å². The summed E-state index contributed by atoms with van der Waals surface area (Å²) in [7, 11) is -2.39. The molecule has 0 spiro atoms. The number of rotatable bonds is 8. The fraction of sp³-hybridized carbons (Fsp3) is 0.458. The van der Waals surface area contributed by atoms with Crippen LogP contribution in [0.3, 0.4) is 0 Å². The molecule has 1 saturated heterocycles. The first-order valence-electron chi connectivity index (χ1n) is 10.9. The van der Waals surface area contributed by atoms with Gasteiger partial charge in [-0.3, -0.25) is 4.79 Å². The van der Waals surface area contributed by atoms with E-state index < -0.39 is 8.32 Å². The molecule has 0 aromatic heterocycles. The molecule has 6 nitrogen and oxygen atoms in total. The lowest BCUT2D eigenvalue weighted by Crippen LogP contribution is -2.40. The number of ether oxygens (including phenoxy) is 1. The molecular weight excluding hydrogens is 408 g/mol. The maximum atomic E-state index is 12.5. The average Bonchev–Trinajstić information content (AvgIpc) is 3.03. The van der Waals surface area contributed by atoms with Gasteiger partial charge >= 0.3 is 0 Å². The van der Waals surface area contributed by atoms with Crippen molar-refractivity contribution in [2.75, 3.05) is 17.7 Å². The van der Waals surface area contributed by atoms with Crippen LogP contribution in [0.15, 0.2) is 48.5 Å². The van der Waals surface area contributed by atoms with Gasteiger partial charge in [-0.05, 0) is 80.2 Å². The van der Waals surface area contributed by atoms with E-state index in [1.165, 1.54) is 0 Å². The second-order valence-corrected chi connectivity index (χ2v) is 13.1. The zero-order valence-electron chi connectivity index (χ0n) is 18.5. The van der Waals surface area contributed by atoms with Crippen molar-refractivity contribution >= 4 is 25.6 Å². The number of aryl methyl sites for hydroxylation is 1. The highest BCUT2D eigenvalue weighted by atomic mass is 28.4. The Labute approximate surface area is 185 Å². The Morgan fingerprint density at radius 3 is 2.48 bits per heavy atom. The highest BCUT2D eigenvalue weighted by molar-refractivity contribution is 6.71. The van der Waals surface area contributed by atoms with Gasteiger partial charge in [0, 0.05) is 29.1 Å². The third-order valence-corrected chi connectivity index (χ3v) is 8.74. The van der Waals surface area contributed by atoms with Crippen molar-refractivity contribution in [3.8, 4) is 0 Å². The first-order valence-corrected chi connectivity index (χ1v) is 14.0. The third-order valence-electron chi connectivity index (χ3n) is 6.21. The molecule has 3 rings (SSSR count). The number of hydrogen-bond acceptors (Lipinski definition) is 5. The molecular formula is C24H34N2O4Si. The molecule has 1 aliphatic rings. The van der Waals surface area contributed by atoms with E-state index in [1.807, 2.05) is 37.4 Å². The van der Waals surface area contributed by atoms with Crippen molar-refractivity contribution in [3.63, 3.8) is 0 Å². The van der Waals surface area contributed by atoms with E-state index in [4.69, 9.17) is 10.5 Å². The van der Waals surface area contributed by atoms with Gasteiger partial charge < -0.3 is 25.7 Å². The van der Waals surface area contributed by atoms with Gasteiger partial charge in [0.25, 0.3) is 5.91 Å². The van der Waals surface area contributed by atoms with E-state index in [-0.39, 0.29) is 36.2 Å². The van der Waals surface area contributed by atoms with Crippen LogP contribution in [0, 0.1) is 5.92 Å². The molecule has 31 heavy (non-hydrogen) atoms. The highest BCUT2D eigenvalue weighted by Crippen LogP contribution is 2.45. The smallest absolute Gasteiger partial charge is 0.255 e. The number of carbonyl (C=O) groups is 1. The van der Waals surface area contributed by atoms with Crippen LogP contribution < -0.4 is 11.1 Å². The molecule has 2 aromatic carbocycles. The summed E-state index contributed by atoms with van der Waals surface area (Å²) < 4.78 is 6.27. The maximum absolute atomic E-state index is 12.5. The minimum absolute atomic E-state index is 0.0495. The lowest BCUT2D eigenvalue weighted by Gasteiger charge is -2.30. The quantitative estimate of drug-likeness (QED) is 0.368. The Bertz CT molecular complexity index is 882. The molecule has 168 valence electrons. The van der Waals surface area contributed by atoms with Crippen LogP contribution in [0.2, 0.25) is 18.6 Å². The van der Waals surface area contributed by atoms with E-state index in [0.29, 0.717) is 17.7 Å². The first-order chi connectivity index (χ1) is 14.7. The second-order valence-electron chi connectivity index (χ2n) is 9.08. The fourth-order valence-corrected chi connectivity index (χ4v) is 7.41. The topological polar surface area (TPSA) is 105 Å². The normalized spacial score (nSPS) is 23.6. The summed E-state index contributed by atoms with van der Waals surface area (Å²) in [6, 6.07) is 14.7. The second kappa shape index (κ2) is 9.95. The molecule has 0 saturated carbocycles. The molecule has 1 heterocycles. The summed E-state index contributed by atoms with van der Waals surface area (Å²) in [6.45, 7) is 6.14. The van der Waals surface area contributed by atoms with Gasteiger partial charge in [0.05, 0.1) is 12.2 Å². The van der Waals surface area contributed by atoms with Gasteiger partial charge in [0.15, 0.2) is 8.32 Å². The summed E-state index contributed by atoms with van der Waals surface area (Å²) in [5, 5.41) is 12.3. The molecule has 7 heteroatoms. The highest BCUT2D eigenvalue weighted by Gasteiger charge is 2.49. The molecule has 0 unspecified atom stereocenters. The van der Waals surface area contributed by atoms with Crippen molar-refractivity contribution in [2.45, 2.75) is 57.0 Å². The number of carbonyl (C=O) groups excluding carboxylic acids is 1. The minimum atomic E-state index is -2.39. The van der Waals surface area contributed by atoms with Gasteiger partial charge in [0.1, 0.15) is 0 Å². The maximum Gasteiger partial charge on any atom is 0.255 e. The number of benzene rings is 2. The van der Waals surface area contributed by atoms with Crippen LogP contribution in [0.4, 0.5) is 11.4 Å². The molecule has 1 fully saturated rings. The third kappa shape index (κ3) is 5.95. The summed E-state index contributed by atoms with van der Waals surface area (Å²) >= 11 is 0. The van der Waals surface area contributed by atoms with E-state index in [9.17, 15) is 14.7 Å². The number of hydrogen-bond donors (Lipinski definition) is 4. The van der Waals surface area contributed by atoms with Crippen molar-refractivity contribution in [2.24, 2.45) is 5.92 Å². The van der Waals surface area contributed by atoms with Crippen LogP contribution >= 0.6 is 0 Å². The Kier molecular flexibility index (Phi) is 7.54. The van der Waals surface area contributed by atoms with Crippen LogP contribution in [0.1, 0.15) is 35.7 Å². The van der Waals surface area contributed by atoms with Gasteiger partial charge in [-0.2, -0.15) is 0 Å². The molecule has 0 aliphatic carbocycles. The molecule has 1 aliphatic heterocycles. The largest absolute Gasteiger partial charge is 0.432 e. The number of nitrogens with two attached hydrogens (primary N) is 1. The van der Waals surface area contributed by atoms with Gasteiger partial charge in [-0.25, -0.2) is 0 Å². The Morgan fingerprint density at radius 1 is 1.13 bits per heavy atom. The molecule has 4 atom stereocenters. The number of aliphatic hydroxyl groups excluding tert-OH is 1. The van der Waals surface area contributed by atoms with Crippen molar-refractivity contribution < 1.29 is 19.4 Å². The number of amides is 1. The molecule has 1 amide bonds. The minimum Gasteiger partial charge on any atom is -0.432 e. The van der Waals surface area contributed by atoms with Gasteiger partial charge in [-0.15, -0.1) is 0 Å². The van der Waals surface area contributed by atoms with Crippen LogP contribution in [0.5, 0.6) is 0 Å². The molecule has 2 aromatic rings. The number of anilines is 2. The lowest BCUT2D eigenvalue weighted by molar-refractivity contribution is 0.0192. The zero-order chi connectivity index (χ0) is 22.6. The summed E-state index contributed by atoms with van der Waals surface area (Å²) in [5.41, 5.74) is 8.86. The SMILES string of the molecule is C[C@H]1[C@H]([Si](C)(C)O)[C@@H](CCO)O[C@H]1CCc1cccc(NC(=O)c2ccc(N)cc2)c1. The summed E-state index contributed by atoms with van der Waals surface area (Å²) in [5.74, 6) is 0.0753. The zero-order valence-corrected chi connectivity index (χ0v) is 19.5. The van der Waals surface area contributed by atoms with Crippen molar-refractivity contribution in [3.05, 3.63) is 59.7 Å². The monoisotopic (exact) mass is 442 g/mol. The van der Waals surface area contributed by atoms with E-state index in [0.717, 1.165) is 24.1 Å². The first kappa shape index (κ1) is 23.5. The van der Waals surface area contributed by atoms with Crippen LogP contribution in [-0.4, -0.2) is 42.9 Å². The van der Waals surface area contributed by atoms with Gasteiger partial charge in [0.2, 0.25) is 0 Å². The summed E-state index contributed by atoms with van der Waals surface area (Å²) in [4.78, 5) is 23.2. The van der Waals surface area contributed by atoms with Crippen molar-refractivity contribution in [1.29, 1.82) is 0 Å². The standard InChI is InChI=1S/C24H34N2O4Si/c1-16-21(30-22(13-14-27)23(16)31(2,3)29)12-7-17-5-4-6-20(15-17)26-24(28)18-8-10-19(25)11-9-18/h4-6,8-11,15-16,21-23,27,29H,7,12-14,25H2,1-3H3,(H,26,28)/t16-,21+,22-,23+/m1/s1. The molecule has 0 bridgehead atoms. The Balaban J connectivity index is 1.62. The van der Waals surface area contributed by atoms with E-state index >= 15 is 0 Å². The van der Waals surface area contributed by atoms with E-state index in [2.05, 4.69) is 12.2 Å². The number of nitrogens with one attached hydrogen (secondary N) is 1. The predicted octanol–water partition coefficient (Wildman–Crippen LogP) is 3.81.